The molecule has 0 amide bonds. The molecule has 1 saturated heterocycles. The molecule has 1 aliphatic heterocycles. The van der Waals surface area contributed by atoms with Crippen molar-refractivity contribution < 1.29 is 23.4 Å². The quantitative estimate of drug-likeness (QED) is 0.743. The Morgan fingerprint density at radius 1 is 1.55 bits per heavy atom. The van der Waals surface area contributed by atoms with Crippen LogP contribution in [0.4, 0.5) is 0 Å². The summed E-state index contributed by atoms with van der Waals surface area (Å²) in [6.07, 6.45) is 0.0370. The van der Waals surface area contributed by atoms with Gasteiger partial charge in [0.2, 0.25) is 10.0 Å². The molecule has 0 aromatic carbocycles. The number of hydrogen-bond donors (Lipinski definition) is 2. The summed E-state index contributed by atoms with van der Waals surface area (Å²) in [7, 11) is -4.20. The topological polar surface area (TPSA) is 132 Å². The molecule has 0 radical (unpaired) electrons. The molecule has 2 atom stereocenters. The molecule has 1 aromatic rings. The molecular weight excluding hydrogens is 286 g/mol. The maximum absolute atomic E-state index is 12.4. The highest BCUT2D eigenvalue weighted by Crippen LogP contribution is 2.27. The molecule has 0 saturated carbocycles. The number of aromatic nitrogens is 1. The molecule has 20 heavy (non-hydrogen) atoms. The molecule has 2 heterocycles. The summed E-state index contributed by atoms with van der Waals surface area (Å²) in [6.45, 7) is -0.320. The maximum atomic E-state index is 12.4. The van der Waals surface area contributed by atoms with Crippen LogP contribution in [0.3, 0.4) is 0 Å². The Hall–Kier alpha value is -2.02. The van der Waals surface area contributed by atoms with Crippen LogP contribution in [0.25, 0.3) is 0 Å². The van der Waals surface area contributed by atoms with Crippen LogP contribution in [-0.4, -0.2) is 52.6 Å². The van der Waals surface area contributed by atoms with Crippen LogP contribution in [-0.2, 0) is 14.8 Å². The van der Waals surface area contributed by atoms with Crippen molar-refractivity contribution in [3.8, 4) is 6.07 Å². The van der Waals surface area contributed by atoms with Crippen LogP contribution >= 0.6 is 0 Å². The van der Waals surface area contributed by atoms with Crippen LogP contribution < -0.4 is 0 Å². The summed E-state index contributed by atoms with van der Waals surface area (Å²) in [5.41, 5.74) is -0.307. The van der Waals surface area contributed by atoms with Gasteiger partial charge in [-0.3, -0.25) is 4.79 Å². The van der Waals surface area contributed by atoms with Crippen LogP contribution in [0, 0.1) is 11.3 Å². The fourth-order valence-electron chi connectivity index (χ4n) is 2.08. The first-order valence-corrected chi connectivity index (χ1v) is 7.09. The van der Waals surface area contributed by atoms with E-state index in [9.17, 15) is 18.3 Å². The number of aliphatic hydroxyl groups excluding tert-OH is 1. The summed E-state index contributed by atoms with van der Waals surface area (Å²) in [6, 6.07) is 2.84. The van der Waals surface area contributed by atoms with Gasteiger partial charge in [-0.1, -0.05) is 0 Å². The number of pyridine rings is 1. The predicted octanol–water partition coefficient (Wildman–Crippen LogP) is -0.838. The van der Waals surface area contributed by atoms with Gasteiger partial charge in [0.1, 0.15) is 17.0 Å². The Balaban J connectivity index is 2.50. The average molecular weight is 297 g/mol. The van der Waals surface area contributed by atoms with Gasteiger partial charge in [-0.25, -0.2) is 13.4 Å². The monoisotopic (exact) mass is 297 g/mol. The molecule has 0 spiro atoms. The third-order valence-corrected chi connectivity index (χ3v) is 4.89. The van der Waals surface area contributed by atoms with Gasteiger partial charge in [0.05, 0.1) is 6.10 Å². The van der Waals surface area contributed by atoms with Crippen LogP contribution in [0.2, 0.25) is 0 Å². The van der Waals surface area contributed by atoms with Gasteiger partial charge < -0.3 is 10.2 Å². The highest BCUT2D eigenvalue weighted by molar-refractivity contribution is 7.89. The molecular formula is C11H11N3O5S. The first-order chi connectivity index (χ1) is 9.37. The van der Waals surface area contributed by atoms with Gasteiger partial charge in [0.15, 0.2) is 5.69 Å². The summed E-state index contributed by atoms with van der Waals surface area (Å²) in [4.78, 5) is 14.4. The molecule has 0 aliphatic carbocycles. The zero-order valence-electron chi connectivity index (χ0n) is 10.2. The molecule has 9 heteroatoms. The number of aliphatic hydroxyl groups is 1. The number of β-amino-alcohol motifs (C(OH)–C–C–N with tert-alkyl or cyclic N) is 1. The van der Waals surface area contributed by atoms with Gasteiger partial charge >= 0.3 is 5.97 Å². The predicted molar refractivity (Wildman–Crippen MR) is 64.9 cm³/mol. The molecule has 106 valence electrons. The normalized spacial score (nSPS) is 23.4. The van der Waals surface area contributed by atoms with Crippen molar-refractivity contribution in [1.29, 1.82) is 5.26 Å². The first-order valence-electron chi connectivity index (χ1n) is 5.65. The van der Waals surface area contributed by atoms with Crippen molar-refractivity contribution in [1.82, 2.24) is 9.29 Å². The third kappa shape index (κ3) is 2.36. The fraction of sp³-hybridized carbons (Fsp3) is 0.364. The number of carboxylic acids is 1. The summed E-state index contributed by atoms with van der Waals surface area (Å²) in [5, 5.41) is 27.4. The zero-order valence-corrected chi connectivity index (χ0v) is 11.0. The van der Waals surface area contributed by atoms with Crippen molar-refractivity contribution in [3.63, 3.8) is 0 Å². The highest BCUT2D eigenvalue weighted by atomic mass is 32.2. The lowest BCUT2D eigenvalue weighted by Crippen LogP contribution is -2.40. The largest absolute Gasteiger partial charge is 0.480 e. The molecule has 1 fully saturated rings. The summed E-state index contributed by atoms with van der Waals surface area (Å²) >= 11 is 0. The van der Waals surface area contributed by atoms with Crippen LogP contribution in [0.1, 0.15) is 12.1 Å². The van der Waals surface area contributed by atoms with E-state index >= 15 is 0 Å². The molecule has 0 bridgehead atoms. The lowest BCUT2D eigenvalue weighted by molar-refractivity contribution is -0.140. The summed E-state index contributed by atoms with van der Waals surface area (Å²) in [5.74, 6) is -1.34. The van der Waals surface area contributed by atoms with E-state index in [0.717, 1.165) is 0 Å². The van der Waals surface area contributed by atoms with Gasteiger partial charge in [-0.15, -0.1) is 0 Å². The molecule has 1 aromatic heterocycles. The van der Waals surface area contributed by atoms with E-state index in [-0.39, 0.29) is 23.6 Å². The van der Waals surface area contributed by atoms with Crippen molar-refractivity contribution in [2.24, 2.45) is 0 Å². The molecule has 2 rings (SSSR count). The van der Waals surface area contributed by atoms with E-state index in [4.69, 9.17) is 10.4 Å². The number of carbonyl (C=O) groups is 1. The minimum absolute atomic E-state index is 0.184. The van der Waals surface area contributed by atoms with Crippen molar-refractivity contribution in [2.45, 2.75) is 23.5 Å². The average Bonchev–Trinajstić information content (AvgIpc) is 2.82. The lowest BCUT2D eigenvalue weighted by Gasteiger charge is -2.20. The molecule has 1 aliphatic rings. The Bertz CT molecular complexity index is 682. The molecule has 8 nitrogen and oxygen atoms in total. The van der Waals surface area contributed by atoms with E-state index in [1.54, 1.807) is 6.07 Å². The van der Waals surface area contributed by atoms with Gasteiger partial charge in [0.25, 0.3) is 0 Å². The van der Waals surface area contributed by atoms with E-state index in [1.165, 1.54) is 18.3 Å². The van der Waals surface area contributed by atoms with E-state index < -0.39 is 28.1 Å². The van der Waals surface area contributed by atoms with E-state index in [0.29, 0.717) is 4.31 Å². The smallest absolute Gasteiger partial charge is 0.322 e. The second-order valence-corrected chi connectivity index (χ2v) is 6.14. The maximum Gasteiger partial charge on any atom is 0.322 e. The number of sulfonamides is 1. The third-order valence-electron chi connectivity index (χ3n) is 2.98. The highest BCUT2D eigenvalue weighted by Gasteiger charge is 2.44. The van der Waals surface area contributed by atoms with Crippen LogP contribution in [0.15, 0.2) is 23.2 Å². The van der Waals surface area contributed by atoms with Gasteiger partial charge in [-0.2, -0.15) is 9.57 Å². The number of rotatable bonds is 3. The van der Waals surface area contributed by atoms with E-state index in [2.05, 4.69) is 4.98 Å². The summed E-state index contributed by atoms with van der Waals surface area (Å²) < 4.78 is 25.6. The number of nitriles is 1. The minimum Gasteiger partial charge on any atom is -0.480 e. The second-order valence-electron chi connectivity index (χ2n) is 4.28. The van der Waals surface area contributed by atoms with Crippen molar-refractivity contribution in [3.05, 3.63) is 24.0 Å². The zero-order chi connectivity index (χ0) is 14.9. The Morgan fingerprint density at radius 3 is 2.85 bits per heavy atom. The molecule has 0 unspecified atom stereocenters. The second kappa shape index (κ2) is 5.16. The minimum atomic E-state index is -4.20. The van der Waals surface area contributed by atoms with Crippen molar-refractivity contribution in [2.75, 3.05) is 6.54 Å². The number of carboxylic acid groups (broad SMARTS) is 1. The fourth-order valence-corrected chi connectivity index (χ4v) is 3.81. The van der Waals surface area contributed by atoms with Gasteiger partial charge in [-0.05, 0) is 12.1 Å². The number of aliphatic carboxylic acids is 1. The number of hydrogen-bond acceptors (Lipinski definition) is 6. The lowest BCUT2D eigenvalue weighted by atomic mass is 10.2. The van der Waals surface area contributed by atoms with Gasteiger partial charge in [0, 0.05) is 19.2 Å². The first kappa shape index (κ1) is 14.4. The van der Waals surface area contributed by atoms with Crippen LogP contribution in [0.5, 0.6) is 0 Å². The van der Waals surface area contributed by atoms with E-state index in [1.807, 2.05) is 0 Å². The number of nitrogens with zero attached hydrogens (tertiary/aromatic N) is 3. The Morgan fingerprint density at radius 2 is 2.25 bits per heavy atom. The Kier molecular flexibility index (Phi) is 3.71. The Labute approximate surface area is 114 Å². The van der Waals surface area contributed by atoms with Crippen molar-refractivity contribution >= 4 is 16.0 Å². The SMILES string of the molecule is N#Cc1ncccc1S(=O)(=O)N1C[C@@H](O)C[C@H]1C(=O)O. The molecule has 2 N–H and O–H groups in total. The standard InChI is InChI=1S/C11H11N3O5S/c12-5-8-10(2-1-3-13-8)20(18,19)14-6-7(15)4-9(14)11(16)17/h1-3,7,9,15H,4,6H2,(H,16,17)/t7-,9-/m0/s1.